The Balaban J connectivity index is 1.79. The van der Waals surface area contributed by atoms with Crippen LogP contribution in [-0.4, -0.2) is 29.0 Å². The summed E-state index contributed by atoms with van der Waals surface area (Å²) in [5.41, 5.74) is 3.58. The zero-order valence-electron chi connectivity index (χ0n) is 17.4. The molecule has 0 spiro atoms. The number of hydrogen-bond acceptors (Lipinski definition) is 4. The van der Waals surface area contributed by atoms with Crippen molar-refractivity contribution in [1.29, 1.82) is 0 Å². The molecule has 0 unspecified atom stereocenters. The van der Waals surface area contributed by atoms with Gasteiger partial charge < -0.3 is 10.0 Å². The number of rotatable bonds is 5. The van der Waals surface area contributed by atoms with Gasteiger partial charge in [0.25, 0.3) is 0 Å². The van der Waals surface area contributed by atoms with Gasteiger partial charge in [0.2, 0.25) is 0 Å². The van der Waals surface area contributed by atoms with E-state index in [0.29, 0.717) is 10.7 Å². The fourth-order valence-corrected chi connectivity index (χ4v) is 4.45. The minimum Gasteiger partial charge on any atom is -0.384 e. The zero-order chi connectivity index (χ0) is 21.5. The maximum absolute atomic E-state index is 10.5. The van der Waals surface area contributed by atoms with E-state index in [4.69, 9.17) is 11.6 Å². The third-order valence-electron chi connectivity index (χ3n) is 4.94. The number of halogens is 1. The van der Waals surface area contributed by atoms with E-state index in [0.717, 1.165) is 16.3 Å². The Kier molecular flexibility index (Phi) is 5.45. The van der Waals surface area contributed by atoms with Crippen molar-refractivity contribution >= 4 is 28.6 Å². The van der Waals surface area contributed by atoms with Crippen LogP contribution in [-0.2, 0) is 5.60 Å². The molecule has 0 aliphatic heterocycles. The highest BCUT2D eigenvalue weighted by molar-refractivity contribution is 7.18. The highest BCUT2D eigenvalue weighted by atomic mass is 35.5. The normalized spacial score (nSPS) is 11.7. The number of thiophene rings is 1. The van der Waals surface area contributed by atoms with Crippen molar-refractivity contribution in [3.8, 4) is 26.7 Å². The first kappa shape index (κ1) is 20.7. The van der Waals surface area contributed by atoms with Crippen LogP contribution in [0.5, 0.6) is 0 Å². The summed E-state index contributed by atoms with van der Waals surface area (Å²) in [6.45, 7) is 3.48. The molecule has 0 bridgehead atoms. The van der Waals surface area contributed by atoms with Crippen molar-refractivity contribution in [2.24, 2.45) is 0 Å². The molecule has 0 radical (unpaired) electrons. The third kappa shape index (κ3) is 4.01. The maximum Gasteiger partial charge on any atom is 0.103 e. The van der Waals surface area contributed by atoms with E-state index in [1.807, 2.05) is 49.1 Å². The van der Waals surface area contributed by atoms with Crippen molar-refractivity contribution in [2.75, 3.05) is 19.0 Å². The highest BCUT2D eigenvalue weighted by Crippen LogP contribution is 2.38. The number of hydrogen-bond donors (Lipinski definition) is 1. The largest absolute Gasteiger partial charge is 0.384 e. The second kappa shape index (κ2) is 7.91. The van der Waals surface area contributed by atoms with Crippen LogP contribution in [0.25, 0.3) is 26.7 Å². The molecule has 6 heteroatoms. The minimum absolute atomic E-state index is 0.600. The average Bonchev–Trinajstić information content (AvgIpc) is 3.35. The van der Waals surface area contributed by atoms with Gasteiger partial charge in [0.15, 0.2) is 0 Å². The van der Waals surface area contributed by atoms with E-state index in [9.17, 15) is 5.11 Å². The lowest BCUT2D eigenvalue weighted by molar-refractivity contribution is 0.0734. The Hall–Kier alpha value is -2.60. The topological polar surface area (TPSA) is 41.3 Å². The van der Waals surface area contributed by atoms with Crippen LogP contribution in [0.4, 0.5) is 5.69 Å². The van der Waals surface area contributed by atoms with Crippen molar-refractivity contribution in [1.82, 2.24) is 9.78 Å². The summed E-state index contributed by atoms with van der Waals surface area (Å²) in [5.74, 6) is 0. The Morgan fingerprint density at radius 3 is 2.27 bits per heavy atom. The van der Waals surface area contributed by atoms with Gasteiger partial charge in [-0.2, -0.15) is 5.10 Å². The summed E-state index contributed by atoms with van der Waals surface area (Å²) in [4.78, 5) is 4.32. The number of nitrogens with zero attached hydrogens (tertiary/aromatic N) is 3. The van der Waals surface area contributed by atoms with Gasteiger partial charge in [-0.1, -0.05) is 35.9 Å². The second-order valence-corrected chi connectivity index (χ2v) is 9.43. The predicted octanol–water partition coefficient (Wildman–Crippen LogP) is 6.21. The monoisotopic (exact) mass is 437 g/mol. The second-order valence-electron chi connectivity index (χ2n) is 7.94. The molecule has 0 saturated heterocycles. The Morgan fingerprint density at radius 1 is 0.967 bits per heavy atom. The molecule has 0 fully saturated rings. The number of para-hydroxylation sites is 1. The van der Waals surface area contributed by atoms with E-state index >= 15 is 0 Å². The van der Waals surface area contributed by atoms with Gasteiger partial charge in [0.05, 0.1) is 27.0 Å². The van der Waals surface area contributed by atoms with Gasteiger partial charge in [-0.15, -0.1) is 11.3 Å². The molecule has 0 aliphatic rings. The summed E-state index contributed by atoms with van der Waals surface area (Å²) < 4.78 is 1.82. The molecule has 4 rings (SSSR count). The van der Waals surface area contributed by atoms with Crippen LogP contribution in [0.2, 0.25) is 5.02 Å². The summed E-state index contributed by atoms with van der Waals surface area (Å²) in [5, 5.41) is 15.8. The van der Waals surface area contributed by atoms with E-state index in [-0.39, 0.29) is 0 Å². The summed E-state index contributed by atoms with van der Waals surface area (Å²) in [6.07, 6.45) is 0. The fourth-order valence-electron chi connectivity index (χ4n) is 3.22. The molecular formula is C24H24ClN3OS. The highest BCUT2D eigenvalue weighted by Gasteiger charge is 2.24. The van der Waals surface area contributed by atoms with Gasteiger partial charge >= 0.3 is 0 Å². The smallest absolute Gasteiger partial charge is 0.103 e. The summed E-state index contributed by atoms with van der Waals surface area (Å²) in [6, 6.07) is 22.3. The lowest BCUT2D eigenvalue weighted by atomic mass is 10.1. The van der Waals surface area contributed by atoms with Crippen LogP contribution >= 0.6 is 22.9 Å². The van der Waals surface area contributed by atoms with Crippen LogP contribution in [0.3, 0.4) is 0 Å². The summed E-state index contributed by atoms with van der Waals surface area (Å²) >= 11 is 8.15. The Labute approximate surface area is 186 Å². The maximum atomic E-state index is 10.5. The molecule has 1 N–H and O–H groups in total. The molecule has 4 aromatic rings. The molecule has 2 aromatic carbocycles. The van der Waals surface area contributed by atoms with Gasteiger partial charge in [0, 0.05) is 24.7 Å². The van der Waals surface area contributed by atoms with Crippen LogP contribution < -0.4 is 4.90 Å². The molecule has 2 aromatic heterocycles. The van der Waals surface area contributed by atoms with Crippen LogP contribution in [0.1, 0.15) is 19.5 Å². The molecule has 0 aliphatic carbocycles. The molecule has 0 atom stereocenters. The number of anilines is 1. The van der Waals surface area contributed by atoms with Gasteiger partial charge in [-0.25, -0.2) is 4.68 Å². The first-order valence-electron chi connectivity index (χ1n) is 9.70. The average molecular weight is 438 g/mol. The van der Waals surface area contributed by atoms with Gasteiger partial charge in [0.1, 0.15) is 5.60 Å². The Bertz CT molecular complexity index is 1170. The number of benzene rings is 2. The quantitative estimate of drug-likeness (QED) is 0.403. The van der Waals surface area contributed by atoms with E-state index in [2.05, 4.69) is 46.4 Å². The fraction of sp³-hybridized carbons (Fsp3) is 0.208. The minimum atomic E-state index is -1.05. The lowest BCUT2D eigenvalue weighted by Gasteiger charge is -2.13. The SMILES string of the molecule is CN(C)c1ccc(-c2ccc(-c3cc(C(C)(C)O)nn3-c3ccccc3Cl)s2)cc1. The molecule has 2 heterocycles. The zero-order valence-corrected chi connectivity index (χ0v) is 19.0. The van der Waals surface area contributed by atoms with Gasteiger partial charge in [-0.3, -0.25) is 0 Å². The van der Waals surface area contributed by atoms with E-state index < -0.39 is 5.60 Å². The molecule has 4 nitrogen and oxygen atoms in total. The number of aliphatic hydroxyl groups is 1. The molecular weight excluding hydrogens is 414 g/mol. The van der Waals surface area contributed by atoms with Crippen molar-refractivity contribution in [3.63, 3.8) is 0 Å². The first-order chi connectivity index (χ1) is 14.2. The molecule has 0 saturated carbocycles. The van der Waals surface area contributed by atoms with Crippen molar-refractivity contribution in [3.05, 3.63) is 77.4 Å². The van der Waals surface area contributed by atoms with Crippen LogP contribution in [0, 0.1) is 0 Å². The summed E-state index contributed by atoms with van der Waals surface area (Å²) in [7, 11) is 4.07. The van der Waals surface area contributed by atoms with E-state index in [1.54, 1.807) is 25.2 Å². The van der Waals surface area contributed by atoms with Crippen molar-refractivity contribution in [2.45, 2.75) is 19.4 Å². The lowest BCUT2D eigenvalue weighted by Crippen LogP contribution is -2.16. The molecule has 0 amide bonds. The molecule has 154 valence electrons. The van der Waals surface area contributed by atoms with Gasteiger partial charge in [-0.05, 0) is 61.9 Å². The Morgan fingerprint density at radius 2 is 1.63 bits per heavy atom. The van der Waals surface area contributed by atoms with Crippen molar-refractivity contribution < 1.29 is 5.11 Å². The molecule has 30 heavy (non-hydrogen) atoms. The standard InChI is InChI=1S/C24H24ClN3OS/c1-24(2,29)23-15-20(28(26-23)19-8-6-5-7-18(19)25)22-14-13-21(30-22)16-9-11-17(12-10-16)27(3)4/h5-15,29H,1-4H3. The van der Waals surface area contributed by atoms with E-state index in [1.165, 1.54) is 16.1 Å². The predicted molar refractivity (Wildman–Crippen MR) is 127 cm³/mol. The first-order valence-corrected chi connectivity index (χ1v) is 10.9. The number of aromatic nitrogens is 2. The third-order valence-corrected chi connectivity index (χ3v) is 6.42. The van der Waals surface area contributed by atoms with Crippen LogP contribution in [0.15, 0.2) is 66.7 Å².